The Kier molecular flexibility index (Phi) is 4.33. The van der Waals surface area contributed by atoms with Crippen molar-refractivity contribution in [3.8, 4) is 5.75 Å². The molecule has 0 radical (unpaired) electrons. The number of H-pyrrole nitrogens is 1. The summed E-state index contributed by atoms with van der Waals surface area (Å²) in [7, 11) is 1.61. The van der Waals surface area contributed by atoms with Crippen molar-refractivity contribution >= 4 is 0 Å². The first kappa shape index (κ1) is 12.6. The maximum Gasteiger partial charge on any atom is 0.120 e. The van der Waals surface area contributed by atoms with E-state index in [4.69, 9.17) is 4.74 Å². The van der Waals surface area contributed by atoms with Crippen LogP contribution in [0.15, 0.2) is 36.7 Å². The van der Waals surface area contributed by atoms with Gasteiger partial charge in [-0.2, -0.15) is 0 Å². The molecule has 18 heavy (non-hydrogen) atoms. The Hall–Kier alpha value is -1.85. The molecule has 3 N–H and O–H groups in total. The predicted molar refractivity (Wildman–Crippen MR) is 68.2 cm³/mol. The Morgan fingerprint density at radius 1 is 1.50 bits per heavy atom. The number of rotatable bonds is 6. The fraction of sp³-hybridized carbons (Fsp3) is 0.308. The quantitative estimate of drug-likeness (QED) is 0.718. The normalized spacial score (nSPS) is 12.3. The van der Waals surface area contributed by atoms with Gasteiger partial charge in [0.2, 0.25) is 0 Å². The van der Waals surface area contributed by atoms with Crippen LogP contribution in [-0.4, -0.2) is 28.7 Å². The third-order valence-electron chi connectivity index (χ3n) is 2.66. The van der Waals surface area contributed by atoms with E-state index in [2.05, 4.69) is 15.3 Å². The number of aliphatic hydroxyl groups excluding tert-OH is 1. The van der Waals surface area contributed by atoms with Gasteiger partial charge in [0.15, 0.2) is 0 Å². The van der Waals surface area contributed by atoms with Crippen molar-refractivity contribution in [1.82, 2.24) is 15.3 Å². The second kappa shape index (κ2) is 6.18. The van der Waals surface area contributed by atoms with E-state index in [1.54, 1.807) is 19.5 Å². The Morgan fingerprint density at radius 2 is 2.39 bits per heavy atom. The van der Waals surface area contributed by atoms with Crippen LogP contribution in [0, 0.1) is 0 Å². The Labute approximate surface area is 106 Å². The van der Waals surface area contributed by atoms with Crippen molar-refractivity contribution in [1.29, 1.82) is 0 Å². The molecule has 0 saturated heterocycles. The van der Waals surface area contributed by atoms with E-state index in [1.807, 2.05) is 24.3 Å². The van der Waals surface area contributed by atoms with Gasteiger partial charge in [0, 0.05) is 18.9 Å². The molecular weight excluding hydrogens is 230 g/mol. The van der Waals surface area contributed by atoms with Crippen LogP contribution in [0.1, 0.15) is 17.5 Å². The van der Waals surface area contributed by atoms with Gasteiger partial charge in [-0.15, -0.1) is 0 Å². The van der Waals surface area contributed by atoms with E-state index in [-0.39, 0.29) is 0 Å². The summed E-state index contributed by atoms with van der Waals surface area (Å²) < 4.78 is 5.12. The summed E-state index contributed by atoms with van der Waals surface area (Å²) in [6.07, 6.45) is 2.92. The molecule has 0 bridgehead atoms. The van der Waals surface area contributed by atoms with Gasteiger partial charge in [0.1, 0.15) is 11.6 Å². The van der Waals surface area contributed by atoms with E-state index in [9.17, 15) is 5.11 Å². The fourth-order valence-electron chi connectivity index (χ4n) is 1.69. The molecule has 2 aromatic rings. The summed E-state index contributed by atoms with van der Waals surface area (Å²) in [6.45, 7) is 1.07. The summed E-state index contributed by atoms with van der Waals surface area (Å²) in [5, 5.41) is 13.2. The van der Waals surface area contributed by atoms with Gasteiger partial charge in [0.25, 0.3) is 0 Å². The number of imidazole rings is 1. The topological polar surface area (TPSA) is 70.2 Å². The lowest BCUT2D eigenvalue weighted by atomic mass is 10.1. The van der Waals surface area contributed by atoms with E-state index >= 15 is 0 Å². The van der Waals surface area contributed by atoms with Gasteiger partial charge in [-0.3, -0.25) is 0 Å². The third kappa shape index (κ3) is 3.32. The molecule has 5 heteroatoms. The van der Waals surface area contributed by atoms with E-state index in [1.165, 1.54) is 0 Å². The van der Waals surface area contributed by atoms with Gasteiger partial charge in [-0.05, 0) is 17.7 Å². The van der Waals surface area contributed by atoms with Gasteiger partial charge < -0.3 is 20.1 Å². The summed E-state index contributed by atoms with van der Waals surface area (Å²) in [5.74, 6) is 1.60. The third-order valence-corrected chi connectivity index (χ3v) is 2.66. The highest BCUT2D eigenvalue weighted by atomic mass is 16.5. The minimum atomic E-state index is -0.560. The number of aliphatic hydroxyl groups is 1. The molecule has 0 spiro atoms. The van der Waals surface area contributed by atoms with Crippen molar-refractivity contribution in [3.05, 3.63) is 48.0 Å². The molecule has 2 rings (SSSR count). The second-order valence-electron chi connectivity index (χ2n) is 3.96. The lowest BCUT2D eigenvalue weighted by Gasteiger charge is -2.12. The number of aromatic amines is 1. The van der Waals surface area contributed by atoms with Crippen molar-refractivity contribution in [3.63, 3.8) is 0 Å². The van der Waals surface area contributed by atoms with Crippen molar-refractivity contribution in [2.24, 2.45) is 0 Å². The van der Waals surface area contributed by atoms with Crippen LogP contribution in [-0.2, 0) is 6.54 Å². The molecule has 1 atom stereocenters. The summed E-state index contributed by atoms with van der Waals surface area (Å²) in [4.78, 5) is 7.09. The number of aromatic nitrogens is 2. The molecule has 0 aliphatic carbocycles. The maximum absolute atomic E-state index is 10.0. The maximum atomic E-state index is 10.0. The molecule has 1 aromatic carbocycles. The molecule has 0 fully saturated rings. The fourth-order valence-corrected chi connectivity index (χ4v) is 1.69. The largest absolute Gasteiger partial charge is 0.497 e. The number of benzene rings is 1. The Morgan fingerprint density at radius 3 is 3.11 bits per heavy atom. The van der Waals surface area contributed by atoms with Crippen molar-refractivity contribution in [2.75, 3.05) is 13.7 Å². The van der Waals surface area contributed by atoms with E-state index < -0.39 is 6.10 Å². The van der Waals surface area contributed by atoms with Crippen LogP contribution < -0.4 is 10.1 Å². The molecule has 96 valence electrons. The second-order valence-corrected chi connectivity index (χ2v) is 3.96. The summed E-state index contributed by atoms with van der Waals surface area (Å²) in [5.41, 5.74) is 0.835. The minimum Gasteiger partial charge on any atom is -0.497 e. The Balaban J connectivity index is 1.85. The molecule has 5 nitrogen and oxygen atoms in total. The van der Waals surface area contributed by atoms with Gasteiger partial charge in [-0.1, -0.05) is 12.1 Å². The number of nitrogens with zero attached hydrogens (tertiary/aromatic N) is 1. The molecule has 0 amide bonds. The molecule has 1 heterocycles. The average Bonchev–Trinajstić information content (AvgIpc) is 2.92. The predicted octanol–water partition coefficient (Wildman–Crippen LogP) is 1.24. The Bertz CT molecular complexity index is 471. The number of methoxy groups -OCH3 is 1. The van der Waals surface area contributed by atoms with Crippen LogP contribution in [0.5, 0.6) is 5.75 Å². The molecule has 1 aromatic heterocycles. The first-order chi connectivity index (χ1) is 8.79. The van der Waals surface area contributed by atoms with E-state index in [0.717, 1.165) is 17.1 Å². The number of nitrogens with one attached hydrogen (secondary N) is 2. The number of hydrogen-bond donors (Lipinski definition) is 3. The van der Waals surface area contributed by atoms with Gasteiger partial charge in [-0.25, -0.2) is 4.98 Å². The number of ether oxygens (including phenoxy) is 1. The minimum absolute atomic E-state index is 0.466. The molecule has 0 aliphatic heterocycles. The highest BCUT2D eigenvalue weighted by Gasteiger charge is 2.08. The zero-order chi connectivity index (χ0) is 12.8. The first-order valence-corrected chi connectivity index (χ1v) is 5.80. The highest BCUT2D eigenvalue weighted by molar-refractivity contribution is 5.29. The van der Waals surface area contributed by atoms with Crippen molar-refractivity contribution < 1.29 is 9.84 Å². The van der Waals surface area contributed by atoms with Crippen LogP contribution in [0.4, 0.5) is 0 Å². The van der Waals surface area contributed by atoms with Crippen LogP contribution in [0.25, 0.3) is 0 Å². The van der Waals surface area contributed by atoms with Gasteiger partial charge >= 0.3 is 0 Å². The zero-order valence-electron chi connectivity index (χ0n) is 10.3. The van der Waals surface area contributed by atoms with E-state index in [0.29, 0.717) is 13.1 Å². The molecule has 1 unspecified atom stereocenters. The zero-order valence-corrected chi connectivity index (χ0v) is 10.3. The summed E-state index contributed by atoms with van der Waals surface area (Å²) in [6, 6.07) is 7.43. The van der Waals surface area contributed by atoms with Gasteiger partial charge in [0.05, 0.1) is 19.8 Å². The molecule has 0 saturated carbocycles. The SMILES string of the molecule is COc1cccc(C(O)CNCc2ncc[nH]2)c1. The lowest BCUT2D eigenvalue weighted by molar-refractivity contribution is 0.173. The highest BCUT2D eigenvalue weighted by Crippen LogP contribution is 2.18. The molecule has 0 aliphatic rings. The van der Waals surface area contributed by atoms with Crippen molar-refractivity contribution in [2.45, 2.75) is 12.6 Å². The monoisotopic (exact) mass is 247 g/mol. The van der Waals surface area contributed by atoms with Crippen LogP contribution in [0.3, 0.4) is 0 Å². The summed E-state index contributed by atoms with van der Waals surface area (Å²) >= 11 is 0. The molecular formula is C13H17N3O2. The average molecular weight is 247 g/mol. The lowest BCUT2D eigenvalue weighted by Crippen LogP contribution is -2.21. The standard InChI is InChI=1S/C13H17N3O2/c1-18-11-4-2-3-10(7-11)12(17)8-14-9-13-15-5-6-16-13/h2-7,12,14,17H,8-9H2,1H3,(H,15,16). The first-order valence-electron chi connectivity index (χ1n) is 5.80. The number of hydrogen-bond acceptors (Lipinski definition) is 4. The van der Waals surface area contributed by atoms with Crippen LogP contribution in [0.2, 0.25) is 0 Å². The van der Waals surface area contributed by atoms with Crippen LogP contribution >= 0.6 is 0 Å². The smallest absolute Gasteiger partial charge is 0.120 e.